The average molecular weight is 251 g/mol. The molecule has 1 N–H and O–H groups in total. The molecule has 4 heteroatoms. The second-order valence-corrected chi connectivity index (χ2v) is 4.06. The van der Waals surface area contributed by atoms with E-state index in [1.807, 2.05) is 38.2 Å². The van der Waals surface area contributed by atoms with E-state index in [9.17, 15) is 4.79 Å². The van der Waals surface area contributed by atoms with Gasteiger partial charge in [0.05, 0.1) is 19.6 Å². The first kappa shape index (κ1) is 14.5. The molecule has 0 aromatic heterocycles. The highest BCUT2D eigenvalue weighted by Crippen LogP contribution is 2.16. The number of carbonyl (C=O) groups is 1. The van der Waals surface area contributed by atoms with E-state index < -0.39 is 0 Å². The first-order valence-corrected chi connectivity index (χ1v) is 6.15. The van der Waals surface area contributed by atoms with E-state index in [1.54, 1.807) is 7.11 Å². The number of hydrogen-bond donors (Lipinski definition) is 1. The minimum atomic E-state index is -0.165. The Balaban J connectivity index is 2.72. The van der Waals surface area contributed by atoms with Gasteiger partial charge in [-0.05, 0) is 38.1 Å². The van der Waals surface area contributed by atoms with Crippen LogP contribution in [0.1, 0.15) is 12.5 Å². The molecule has 0 saturated heterocycles. The fraction of sp³-hybridized carbons (Fsp3) is 0.500. The van der Waals surface area contributed by atoms with Crippen LogP contribution in [0, 0.1) is 5.92 Å². The van der Waals surface area contributed by atoms with Crippen LogP contribution in [-0.2, 0) is 16.0 Å². The molecule has 0 unspecified atom stereocenters. The summed E-state index contributed by atoms with van der Waals surface area (Å²) in [6, 6.07) is 7.75. The summed E-state index contributed by atoms with van der Waals surface area (Å²) in [6.45, 7) is 2.84. The number of ether oxygens (including phenoxy) is 2. The lowest BCUT2D eigenvalue weighted by molar-refractivity contribution is -0.147. The smallest absolute Gasteiger partial charge is 0.310 e. The van der Waals surface area contributed by atoms with E-state index in [1.165, 1.54) is 0 Å². The molecular weight excluding hydrogens is 230 g/mol. The van der Waals surface area contributed by atoms with E-state index in [4.69, 9.17) is 9.47 Å². The van der Waals surface area contributed by atoms with Gasteiger partial charge in [-0.25, -0.2) is 0 Å². The van der Waals surface area contributed by atoms with Crippen molar-refractivity contribution in [2.45, 2.75) is 13.3 Å². The van der Waals surface area contributed by atoms with Crippen molar-refractivity contribution in [3.8, 4) is 5.75 Å². The zero-order chi connectivity index (χ0) is 13.4. The second-order valence-electron chi connectivity index (χ2n) is 4.06. The fourth-order valence-electron chi connectivity index (χ4n) is 1.83. The normalized spacial score (nSPS) is 11.9. The summed E-state index contributed by atoms with van der Waals surface area (Å²) in [4.78, 5) is 11.8. The molecule has 0 spiro atoms. The lowest BCUT2D eigenvalue weighted by atomic mass is 9.99. The van der Waals surface area contributed by atoms with Gasteiger partial charge < -0.3 is 14.8 Å². The molecule has 18 heavy (non-hydrogen) atoms. The van der Waals surface area contributed by atoms with E-state index in [2.05, 4.69) is 5.32 Å². The summed E-state index contributed by atoms with van der Waals surface area (Å²) in [5.74, 6) is 0.483. The molecule has 4 nitrogen and oxygen atoms in total. The standard InChI is InChI=1S/C14H21NO3/c1-4-18-14(16)12(10-15-2)8-11-6-5-7-13(9-11)17-3/h5-7,9,12,15H,4,8,10H2,1-3H3/t12-/m1/s1. The Hall–Kier alpha value is -1.55. The monoisotopic (exact) mass is 251 g/mol. The first-order valence-electron chi connectivity index (χ1n) is 6.15. The van der Waals surface area contributed by atoms with Crippen molar-refractivity contribution >= 4 is 5.97 Å². The van der Waals surface area contributed by atoms with Gasteiger partial charge in [0.2, 0.25) is 0 Å². The van der Waals surface area contributed by atoms with Crippen molar-refractivity contribution in [1.29, 1.82) is 0 Å². The number of hydrogen-bond acceptors (Lipinski definition) is 4. The molecule has 1 aromatic carbocycles. The van der Waals surface area contributed by atoms with Crippen LogP contribution in [0.3, 0.4) is 0 Å². The molecule has 1 aromatic rings. The molecule has 0 aliphatic heterocycles. The number of rotatable bonds is 7. The Morgan fingerprint density at radius 2 is 2.22 bits per heavy atom. The predicted molar refractivity (Wildman–Crippen MR) is 70.7 cm³/mol. The molecule has 0 aliphatic rings. The SMILES string of the molecule is CCOC(=O)[C@@H](CNC)Cc1cccc(OC)c1. The molecule has 100 valence electrons. The van der Waals surface area contributed by atoms with Crippen LogP contribution in [0.4, 0.5) is 0 Å². The van der Waals surface area contributed by atoms with Gasteiger partial charge in [0, 0.05) is 6.54 Å². The summed E-state index contributed by atoms with van der Waals surface area (Å²) in [6.07, 6.45) is 0.650. The maximum absolute atomic E-state index is 11.8. The third-order valence-electron chi connectivity index (χ3n) is 2.69. The van der Waals surface area contributed by atoms with Crippen LogP contribution in [0.5, 0.6) is 5.75 Å². The Kier molecular flexibility index (Phi) is 6.22. The van der Waals surface area contributed by atoms with Gasteiger partial charge in [-0.2, -0.15) is 0 Å². The summed E-state index contributed by atoms with van der Waals surface area (Å²) in [5, 5.41) is 3.02. The van der Waals surface area contributed by atoms with Gasteiger partial charge >= 0.3 is 5.97 Å². The minimum absolute atomic E-state index is 0.158. The second kappa shape index (κ2) is 7.71. The van der Waals surface area contributed by atoms with Crippen molar-refractivity contribution in [2.24, 2.45) is 5.92 Å². The third-order valence-corrected chi connectivity index (χ3v) is 2.69. The fourth-order valence-corrected chi connectivity index (χ4v) is 1.83. The molecule has 1 atom stereocenters. The van der Waals surface area contributed by atoms with E-state index >= 15 is 0 Å². The van der Waals surface area contributed by atoms with E-state index in [0.717, 1.165) is 11.3 Å². The molecule has 0 bridgehead atoms. The van der Waals surface area contributed by atoms with Crippen molar-refractivity contribution in [3.63, 3.8) is 0 Å². The number of benzene rings is 1. The molecule has 0 fully saturated rings. The van der Waals surface area contributed by atoms with E-state index in [0.29, 0.717) is 19.6 Å². The lowest BCUT2D eigenvalue weighted by Crippen LogP contribution is -2.29. The quantitative estimate of drug-likeness (QED) is 0.748. The van der Waals surface area contributed by atoms with Crippen molar-refractivity contribution < 1.29 is 14.3 Å². The molecule has 1 rings (SSSR count). The average Bonchev–Trinajstić information content (AvgIpc) is 2.39. The van der Waals surface area contributed by atoms with Gasteiger partial charge in [0.25, 0.3) is 0 Å². The van der Waals surface area contributed by atoms with Gasteiger partial charge in [-0.3, -0.25) is 4.79 Å². The zero-order valence-electron chi connectivity index (χ0n) is 11.2. The lowest BCUT2D eigenvalue weighted by Gasteiger charge is -2.15. The highest BCUT2D eigenvalue weighted by Gasteiger charge is 2.19. The molecule has 0 radical (unpaired) electrons. The summed E-state index contributed by atoms with van der Waals surface area (Å²) in [7, 11) is 3.47. The topological polar surface area (TPSA) is 47.6 Å². The van der Waals surface area contributed by atoms with Gasteiger partial charge in [-0.1, -0.05) is 12.1 Å². The Labute approximate surface area is 108 Å². The van der Waals surface area contributed by atoms with Crippen LogP contribution >= 0.6 is 0 Å². The predicted octanol–water partition coefficient (Wildman–Crippen LogP) is 1.64. The number of carbonyl (C=O) groups excluding carboxylic acids is 1. The summed E-state index contributed by atoms with van der Waals surface area (Å²) in [5.41, 5.74) is 1.07. The molecule has 0 amide bonds. The molecule has 0 aliphatic carbocycles. The Morgan fingerprint density at radius 3 is 2.83 bits per heavy atom. The van der Waals surface area contributed by atoms with Crippen molar-refractivity contribution in [3.05, 3.63) is 29.8 Å². The van der Waals surface area contributed by atoms with Crippen LogP contribution < -0.4 is 10.1 Å². The minimum Gasteiger partial charge on any atom is -0.497 e. The maximum Gasteiger partial charge on any atom is 0.310 e. The summed E-state index contributed by atoms with van der Waals surface area (Å²) >= 11 is 0. The van der Waals surface area contributed by atoms with Gasteiger partial charge in [0.1, 0.15) is 5.75 Å². The van der Waals surface area contributed by atoms with Crippen molar-refractivity contribution in [2.75, 3.05) is 27.3 Å². The highest BCUT2D eigenvalue weighted by atomic mass is 16.5. The molecule has 0 heterocycles. The van der Waals surface area contributed by atoms with Crippen LogP contribution in [0.15, 0.2) is 24.3 Å². The van der Waals surface area contributed by atoms with Crippen LogP contribution in [0.2, 0.25) is 0 Å². The number of nitrogens with one attached hydrogen (secondary N) is 1. The zero-order valence-corrected chi connectivity index (χ0v) is 11.2. The Morgan fingerprint density at radius 1 is 1.44 bits per heavy atom. The van der Waals surface area contributed by atoms with Crippen LogP contribution in [0.25, 0.3) is 0 Å². The number of esters is 1. The van der Waals surface area contributed by atoms with Crippen molar-refractivity contribution in [1.82, 2.24) is 5.32 Å². The first-order chi connectivity index (χ1) is 8.71. The van der Waals surface area contributed by atoms with Gasteiger partial charge in [0.15, 0.2) is 0 Å². The maximum atomic E-state index is 11.8. The number of methoxy groups -OCH3 is 1. The third kappa shape index (κ3) is 4.37. The highest BCUT2D eigenvalue weighted by molar-refractivity contribution is 5.73. The van der Waals surface area contributed by atoms with Gasteiger partial charge in [-0.15, -0.1) is 0 Å². The van der Waals surface area contributed by atoms with Crippen LogP contribution in [-0.4, -0.2) is 33.3 Å². The summed E-state index contributed by atoms with van der Waals surface area (Å²) < 4.78 is 10.2. The molecular formula is C14H21NO3. The Bertz CT molecular complexity index is 379. The molecule has 0 saturated carbocycles. The van der Waals surface area contributed by atoms with E-state index in [-0.39, 0.29) is 11.9 Å². The largest absolute Gasteiger partial charge is 0.497 e.